The quantitative estimate of drug-likeness (QED) is 0.442. The van der Waals surface area contributed by atoms with Gasteiger partial charge < -0.3 is 10.1 Å². The zero-order chi connectivity index (χ0) is 22.8. The molecule has 1 aliphatic rings. The highest BCUT2D eigenvalue weighted by Crippen LogP contribution is 2.29. The number of piperidine rings is 1. The summed E-state index contributed by atoms with van der Waals surface area (Å²) >= 11 is 6.19. The van der Waals surface area contributed by atoms with Crippen LogP contribution < -0.4 is 15.6 Å². The Morgan fingerprint density at radius 1 is 1.18 bits per heavy atom. The molecule has 0 amide bonds. The number of rotatable bonds is 5. The molecule has 4 aromatic rings. The van der Waals surface area contributed by atoms with Crippen molar-refractivity contribution in [1.29, 1.82) is 0 Å². The molecule has 1 fully saturated rings. The fourth-order valence-electron chi connectivity index (χ4n) is 4.36. The van der Waals surface area contributed by atoms with Gasteiger partial charge in [-0.1, -0.05) is 35.9 Å². The van der Waals surface area contributed by atoms with Crippen LogP contribution in [-0.2, 0) is 6.54 Å². The summed E-state index contributed by atoms with van der Waals surface area (Å²) in [4.78, 5) is 22.9. The van der Waals surface area contributed by atoms with E-state index in [1.165, 1.54) is 0 Å². The highest BCUT2D eigenvalue weighted by Gasteiger charge is 2.20. The molecular weight excluding hydrogens is 436 g/mol. The van der Waals surface area contributed by atoms with Crippen LogP contribution in [0.15, 0.2) is 65.6 Å². The number of halogens is 1. The second-order valence-electron chi connectivity index (χ2n) is 8.45. The molecule has 0 spiro atoms. The van der Waals surface area contributed by atoms with Crippen molar-refractivity contribution in [3.8, 4) is 23.0 Å². The molecule has 0 bridgehead atoms. The maximum atomic E-state index is 13.8. The summed E-state index contributed by atoms with van der Waals surface area (Å²) in [5, 5.41) is 4.37. The van der Waals surface area contributed by atoms with Gasteiger partial charge in [0.2, 0.25) is 5.88 Å². The topological polar surface area (TPSA) is 69.0 Å². The minimum atomic E-state index is -0.0682. The van der Waals surface area contributed by atoms with Crippen LogP contribution in [-0.4, -0.2) is 27.6 Å². The monoisotopic (exact) mass is 460 g/mol. The molecule has 33 heavy (non-hydrogen) atoms. The van der Waals surface area contributed by atoms with Gasteiger partial charge in [-0.2, -0.15) is 0 Å². The van der Waals surface area contributed by atoms with Gasteiger partial charge in [0.25, 0.3) is 5.56 Å². The number of aryl methyl sites for hydroxylation is 1. The molecule has 6 nitrogen and oxygen atoms in total. The lowest BCUT2D eigenvalue weighted by Crippen LogP contribution is -2.35. The Morgan fingerprint density at radius 2 is 2.06 bits per heavy atom. The Balaban J connectivity index is 1.63. The number of aromatic nitrogens is 3. The van der Waals surface area contributed by atoms with E-state index in [0.717, 1.165) is 37.1 Å². The summed E-state index contributed by atoms with van der Waals surface area (Å²) in [6.45, 7) is 4.60. The summed E-state index contributed by atoms with van der Waals surface area (Å²) in [7, 11) is 0. The molecular formula is C26H25ClN4O2. The number of benzene rings is 2. The van der Waals surface area contributed by atoms with Crippen LogP contribution in [0.5, 0.6) is 11.6 Å². The van der Waals surface area contributed by atoms with E-state index in [1.54, 1.807) is 30.5 Å². The fourth-order valence-corrected chi connectivity index (χ4v) is 4.52. The molecule has 0 radical (unpaired) electrons. The molecule has 0 aliphatic carbocycles. The molecule has 1 atom stereocenters. The maximum absolute atomic E-state index is 13.8. The minimum Gasteiger partial charge on any atom is -0.438 e. The van der Waals surface area contributed by atoms with Crippen LogP contribution in [0, 0.1) is 12.8 Å². The van der Waals surface area contributed by atoms with Gasteiger partial charge in [0, 0.05) is 18.3 Å². The summed E-state index contributed by atoms with van der Waals surface area (Å²) < 4.78 is 7.70. The van der Waals surface area contributed by atoms with Crippen molar-refractivity contribution >= 4 is 22.5 Å². The van der Waals surface area contributed by atoms with E-state index in [2.05, 4.69) is 10.3 Å². The standard InChI is InChI=1S/C26H25ClN4O2/c1-17-6-2-3-8-20(17)24-30-23-11-10-19(33-25-22(27)9-5-13-29-25)14-21(23)26(32)31(24)16-18-7-4-12-28-15-18/h2-3,5-6,8-11,13-14,18,28H,4,7,12,15-16H2,1H3/t18-/m0/s1. The third-order valence-corrected chi connectivity index (χ3v) is 6.38. The molecule has 3 heterocycles. The van der Waals surface area contributed by atoms with Crippen molar-refractivity contribution in [3.63, 3.8) is 0 Å². The van der Waals surface area contributed by atoms with Crippen LogP contribution in [0.4, 0.5) is 0 Å². The van der Waals surface area contributed by atoms with Crippen LogP contribution >= 0.6 is 11.6 Å². The van der Waals surface area contributed by atoms with E-state index in [9.17, 15) is 4.79 Å². The molecule has 0 unspecified atom stereocenters. The number of hydrogen-bond acceptors (Lipinski definition) is 5. The lowest BCUT2D eigenvalue weighted by molar-refractivity contribution is 0.334. The van der Waals surface area contributed by atoms with Crippen LogP contribution in [0.25, 0.3) is 22.3 Å². The summed E-state index contributed by atoms with van der Waals surface area (Å²) in [5.74, 6) is 1.89. The number of hydrogen-bond donors (Lipinski definition) is 1. The molecule has 1 N–H and O–H groups in total. The van der Waals surface area contributed by atoms with Gasteiger partial charge in [0.15, 0.2) is 0 Å². The molecule has 7 heteroatoms. The van der Waals surface area contributed by atoms with Crippen LogP contribution in [0.3, 0.4) is 0 Å². The van der Waals surface area contributed by atoms with E-state index in [4.69, 9.17) is 21.3 Å². The van der Waals surface area contributed by atoms with Crippen molar-refractivity contribution < 1.29 is 4.74 Å². The summed E-state index contributed by atoms with van der Waals surface area (Å²) in [6, 6.07) is 16.8. The van der Waals surface area contributed by atoms with Crippen LogP contribution in [0.1, 0.15) is 18.4 Å². The SMILES string of the molecule is Cc1ccccc1-c1nc2ccc(Oc3ncccc3Cl)cc2c(=O)n1C[C@H]1CCCNC1. The first kappa shape index (κ1) is 21.6. The number of ether oxygens (including phenoxy) is 1. The van der Waals surface area contributed by atoms with E-state index in [0.29, 0.717) is 45.8 Å². The highest BCUT2D eigenvalue weighted by molar-refractivity contribution is 6.31. The average Bonchev–Trinajstić information content (AvgIpc) is 2.84. The fraction of sp³-hybridized carbons (Fsp3) is 0.269. The van der Waals surface area contributed by atoms with Gasteiger partial charge in [0.05, 0.1) is 10.9 Å². The second-order valence-corrected chi connectivity index (χ2v) is 8.86. The van der Waals surface area contributed by atoms with Crippen molar-refractivity contribution in [3.05, 3.63) is 81.7 Å². The van der Waals surface area contributed by atoms with Gasteiger partial charge in [-0.15, -0.1) is 0 Å². The predicted molar refractivity (Wildman–Crippen MR) is 131 cm³/mol. The first-order valence-electron chi connectivity index (χ1n) is 11.2. The van der Waals surface area contributed by atoms with E-state index in [-0.39, 0.29) is 5.56 Å². The zero-order valence-corrected chi connectivity index (χ0v) is 19.2. The number of fused-ring (bicyclic) bond motifs is 1. The molecule has 5 rings (SSSR count). The van der Waals surface area contributed by atoms with Crippen molar-refractivity contribution in [2.24, 2.45) is 5.92 Å². The number of pyridine rings is 1. The third-order valence-electron chi connectivity index (χ3n) is 6.09. The van der Waals surface area contributed by atoms with E-state index >= 15 is 0 Å². The highest BCUT2D eigenvalue weighted by atomic mass is 35.5. The predicted octanol–water partition coefficient (Wildman–Crippen LogP) is 5.21. The average molecular weight is 461 g/mol. The molecule has 168 valence electrons. The lowest BCUT2D eigenvalue weighted by Gasteiger charge is -2.25. The van der Waals surface area contributed by atoms with Gasteiger partial charge >= 0.3 is 0 Å². The third kappa shape index (κ3) is 4.49. The van der Waals surface area contributed by atoms with Gasteiger partial charge in [0.1, 0.15) is 16.6 Å². The smallest absolute Gasteiger partial charge is 0.261 e. The largest absolute Gasteiger partial charge is 0.438 e. The van der Waals surface area contributed by atoms with Crippen LogP contribution in [0.2, 0.25) is 5.02 Å². The van der Waals surface area contributed by atoms with Gasteiger partial charge in [-0.3, -0.25) is 9.36 Å². The van der Waals surface area contributed by atoms with Gasteiger partial charge in [-0.25, -0.2) is 9.97 Å². The molecule has 0 saturated carbocycles. The molecule has 1 aliphatic heterocycles. The lowest BCUT2D eigenvalue weighted by atomic mass is 9.99. The number of nitrogens with zero attached hydrogens (tertiary/aromatic N) is 3. The van der Waals surface area contributed by atoms with Crippen molar-refractivity contribution in [2.75, 3.05) is 13.1 Å². The molecule has 2 aromatic heterocycles. The number of nitrogens with one attached hydrogen (secondary N) is 1. The Hall–Kier alpha value is -3.22. The molecule has 1 saturated heterocycles. The zero-order valence-electron chi connectivity index (χ0n) is 18.4. The summed E-state index contributed by atoms with van der Waals surface area (Å²) in [6.07, 6.45) is 3.82. The summed E-state index contributed by atoms with van der Waals surface area (Å²) in [5.41, 5.74) is 2.63. The Kier molecular flexibility index (Phi) is 6.11. The minimum absolute atomic E-state index is 0.0682. The van der Waals surface area contributed by atoms with E-state index < -0.39 is 0 Å². The van der Waals surface area contributed by atoms with Crippen molar-refractivity contribution in [1.82, 2.24) is 19.9 Å². The van der Waals surface area contributed by atoms with Crippen molar-refractivity contribution in [2.45, 2.75) is 26.3 Å². The van der Waals surface area contributed by atoms with E-state index in [1.807, 2.05) is 41.8 Å². The Labute approximate surface area is 197 Å². The maximum Gasteiger partial charge on any atom is 0.261 e. The Bertz CT molecular complexity index is 1360. The first-order chi connectivity index (χ1) is 16.1. The normalized spacial score (nSPS) is 16.1. The Morgan fingerprint density at radius 3 is 2.85 bits per heavy atom. The van der Waals surface area contributed by atoms with Gasteiger partial charge in [-0.05, 0) is 74.7 Å². The molecule has 2 aromatic carbocycles. The first-order valence-corrected chi connectivity index (χ1v) is 11.6. The second kappa shape index (κ2) is 9.33.